The van der Waals surface area contributed by atoms with Gasteiger partial charge in [-0.3, -0.25) is 4.79 Å². The summed E-state index contributed by atoms with van der Waals surface area (Å²) in [6.45, 7) is 1.41. The van der Waals surface area contributed by atoms with Crippen LogP contribution in [0.4, 0.5) is 0 Å². The molecule has 2 unspecified atom stereocenters. The molecule has 74 valence electrons. The summed E-state index contributed by atoms with van der Waals surface area (Å²) in [6.07, 6.45) is 4.78. The number of ketones is 1. The van der Waals surface area contributed by atoms with Gasteiger partial charge < -0.3 is 9.15 Å². The Hall–Kier alpha value is -1.09. The summed E-state index contributed by atoms with van der Waals surface area (Å²) in [5.74, 6) is 0.823. The van der Waals surface area contributed by atoms with Crippen molar-refractivity contribution in [3.63, 3.8) is 0 Å². The SMILES string of the molecule is O=C(Cc1ccoc1)C12COCC1C2. The molecule has 1 aliphatic heterocycles. The molecule has 14 heavy (non-hydrogen) atoms. The molecule has 1 aliphatic carbocycles. The number of hydrogen-bond donors (Lipinski definition) is 0. The van der Waals surface area contributed by atoms with Gasteiger partial charge in [0, 0.05) is 6.42 Å². The molecule has 3 heteroatoms. The zero-order valence-electron chi connectivity index (χ0n) is 7.86. The monoisotopic (exact) mass is 192 g/mol. The highest BCUT2D eigenvalue weighted by Crippen LogP contribution is 2.57. The second kappa shape index (κ2) is 2.70. The fraction of sp³-hybridized carbons (Fsp3) is 0.545. The highest BCUT2D eigenvalue weighted by Gasteiger charge is 2.62. The summed E-state index contributed by atoms with van der Waals surface area (Å²) < 4.78 is 10.2. The first-order valence-corrected chi connectivity index (χ1v) is 4.93. The minimum atomic E-state index is -0.114. The Morgan fingerprint density at radius 1 is 1.64 bits per heavy atom. The van der Waals surface area contributed by atoms with E-state index in [4.69, 9.17) is 9.15 Å². The van der Waals surface area contributed by atoms with Crippen molar-refractivity contribution in [2.75, 3.05) is 13.2 Å². The number of carbonyl (C=O) groups is 1. The van der Waals surface area contributed by atoms with Gasteiger partial charge in [-0.2, -0.15) is 0 Å². The molecule has 2 aliphatic rings. The smallest absolute Gasteiger partial charge is 0.146 e. The van der Waals surface area contributed by atoms with E-state index in [1.807, 2.05) is 6.07 Å². The highest BCUT2D eigenvalue weighted by atomic mass is 16.5. The molecule has 0 aromatic carbocycles. The van der Waals surface area contributed by atoms with Crippen molar-refractivity contribution >= 4 is 5.78 Å². The van der Waals surface area contributed by atoms with Gasteiger partial charge in [0.2, 0.25) is 0 Å². The van der Waals surface area contributed by atoms with Gasteiger partial charge in [0.05, 0.1) is 31.2 Å². The standard InChI is InChI=1S/C11H12O3/c12-10(3-8-1-2-13-5-8)11-4-9(11)6-14-7-11/h1-2,5,9H,3-4,6-7H2. The molecule has 0 radical (unpaired) electrons. The normalized spacial score (nSPS) is 34.1. The van der Waals surface area contributed by atoms with Crippen LogP contribution < -0.4 is 0 Å². The van der Waals surface area contributed by atoms with Crippen LogP contribution in [0.1, 0.15) is 12.0 Å². The van der Waals surface area contributed by atoms with E-state index in [0.717, 1.165) is 18.6 Å². The van der Waals surface area contributed by atoms with E-state index in [2.05, 4.69) is 0 Å². The van der Waals surface area contributed by atoms with Gasteiger partial charge in [0.1, 0.15) is 5.78 Å². The van der Waals surface area contributed by atoms with E-state index in [1.54, 1.807) is 12.5 Å². The molecule has 1 saturated carbocycles. The van der Waals surface area contributed by atoms with Crippen molar-refractivity contribution in [2.24, 2.45) is 11.3 Å². The second-order valence-corrected chi connectivity index (χ2v) is 4.30. The van der Waals surface area contributed by atoms with Crippen molar-refractivity contribution in [3.05, 3.63) is 24.2 Å². The number of rotatable bonds is 3. The van der Waals surface area contributed by atoms with Crippen LogP contribution in [0.2, 0.25) is 0 Å². The van der Waals surface area contributed by atoms with Crippen LogP contribution in [0.15, 0.2) is 23.0 Å². The molecule has 2 fully saturated rings. The molecule has 0 N–H and O–H groups in total. The zero-order valence-corrected chi connectivity index (χ0v) is 7.86. The Morgan fingerprint density at radius 2 is 2.57 bits per heavy atom. The van der Waals surface area contributed by atoms with Crippen molar-refractivity contribution in [2.45, 2.75) is 12.8 Å². The highest BCUT2D eigenvalue weighted by molar-refractivity contribution is 5.90. The number of fused-ring (bicyclic) bond motifs is 1. The van der Waals surface area contributed by atoms with Crippen LogP contribution in [0, 0.1) is 11.3 Å². The Morgan fingerprint density at radius 3 is 3.14 bits per heavy atom. The number of hydrogen-bond acceptors (Lipinski definition) is 3. The van der Waals surface area contributed by atoms with Gasteiger partial charge in [-0.05, 0) is 24.0 Å². The molecule has 2 atom stereocenters. The second-order valence-electron chi connectivity index (χ2n) is 4.30. The van der Waals surface area contributed by atoms with Crippen LogP contribution in [0.3, 0.4) is 0 Å². The number of Topliss-reactive ketones (excluding diaryl/α,β-unsaturated/α-hetero) is 1. The number of furan rings is 1. The van der Waals surface area contributed by atoms with Crippen LogP contribution in [0.25, 0.3) is 0 Å². The van der Waals surface area contributed by atoms with Crippen LogP contribution in [0.5, 0.6) is 0 Å². The Labute approximate surface area is 82.0 Å². The molecule has 3 rings (SSSR count). The molecule has 1 saturated heterocycles. The average molecular weight is 192 g/mol. The maximum atomic E-state index is 12.0. The lowest BCUT2D eigenvalue weighted by molar-refractivity contribution is -0.124. The van der Waals surface area contributed by atoms with Crippen molar-refractivity contribution in [3.8, 4) is 0 Å². The fourth-order valence-electron chi connectivity index (χ4n) is 2.34. The third-order valence-corrected chi connectivity index (χ3v) is 3.41. The third kappa shape index (κ3) is 1.05. The van der Waals surface area contributed by atoms with E-state index >= 15 is 0 Å². The quantitative estimate of drug-likeness (QED) is 0.727. The van der Waals surface area contributed by atoms with E-state index in [0.29, 0.717) is 24.7 Å². The van der Waals surface area contributed by atoms with Gasteiger partial charge in [-0.25, -0.2) is 0 Å². The predicted molar refractivity (Wildman–Crippen MR) is 48.8 cm³/mol. The lowest BCUT2D eigenvalue weighted by Gasteiger charge is -2.07. The van der Waals surface area contributed by atoms with Gasteiger partial charge in [0.15, 0.2) is 0 Å². The first-order valence-electron chi connectivity index (χ1n) is 4.93. The molecule has 0 amide bonds. The molecule has 1 aromatic heterocycles. The van der Waals surface area contributed by atoms with Crippen LogP contribution in [-0.2, 0) is 16.0 Å². The summed E-state index contributed by atoms with van der Waals surface area (Å²) >= 11 is 0. The van der Waals surface area contributed by atoms with Crippen LogP contribution in [-0.4, -0.2) is 19.0 Å². The molecule has 2 heterocycles. The Balaban J connectivity index is 1.72. The first-order chi connectivity index (χ1) is 6.81. The van der Waals surface area contributed by atoms with Gasteiger partial charge >= 0.3 is 0 Å². The first kappa shape index (κ1) is 8.24. The topological polar surface area (TPSA) is 39.4 Å². The van der Waals surface area contributed by atoms with Crippen molar-refractivity contribution in [1.29, 1.82) is 0 Å². The third-order valence-electron chi connectivity index (χ3n) is 3.41. The Kier molecular flexibility index (Phi) is 1.59. The molecule has 0 bridgehead atoms. The summed E-state index contributed by atoms with van der Waals surface area (Å²) in [5.41, 5.74) is 0.860. The zero-order chi connectivity index (χ0) is 9.60. The molecule has 3 nitrogen and oxygen atoms in total. The predicted octanol–water partition coefficient (Wildman–Crippen LogP) is 1.43. The largest absolute Gasteiger partial charge is 0.472 e. The summed E-state index contributed by atoms with van der Waals surface area (Å²) in [5, 5.41) is 0. The van der Waals surface area contributed by atoms with E-state index in [-0.39, 0.29) is 5.41 Å². The summed E-state index contributed by atoms with van der Waals surface area (Å²) in [4.78, 5) is 12.0. The molecule has 1 aromatic rings. The van der Waals surface area contributed by atoms with Crippen molar-refractivity contribution in [1.82, 2.24) is 0 Å². The van der Waals surface area contributed by atoms with E-state index in [1.165, 1.54) is 0 Å². The Bertz CT molecular complexity index is 355. The fourth-order valence-corrected chi connectivity index (χ4v) is 2.34. The van der Waals surface area contributed by atoms with E-state index < -0.39 is 0 Å². The van der Waals surface area contributed by atoms with Gasteiger partial charge in [-0.1, -0.05) is 0 Å². The summed E-state index contributed by atoms with van der Waals surface area (Å²) in [7, 11) is 0. The molecular weight excluding hydrogens is 180 g/mol. The van der Waals surface area contributed by atoms with Crippen LogP contribution >= 0.6 is 0 Å². The molecular formula is C11H12O3. The van der Waals surface area contributed by atoms with Crippen molar-refractivity contribution < 1.29 is 13.9 Å². The minimum Gasteiger partial charge on any atom is -0.472 e. The minimum absolute atomic E-state index is 0.114. The lowest BCUT2D eigenvalue weighted by Crippen LogP contribution is -2.21. The average Bonchev–Trinajstić information content (AvgIpc) is 2.62. The van der Waals surface area contributed by atoms with E-state index in [9.17, 15) is 4.79 Å². The molecule has 0 spiro atoms. The maximum Gasteiger partial charge on any atom is 0.146 e. The maximum absolute atomic E-state index is 12.0. The van der Waals surface area contributed by atoms with Gasteiger partial charge in [-0.15, -0.1) is 0 Å². The number of carbonyl (C=O) groups excluding carboxylic acids is 1. The summed E-state index contributed by atoms with van der Waals surface area (Å²) in [6, 6.07) is 1.85. The lowest BCUT2D eigenvalue weighted by atomic mass is 9.96. The van der Waals surface area contributed by atoms with Gasteiger partial charge in [0.25, 0.3) is 0 Å². The number of ether oxygens (including phenoxy) is 1.